The molecule has 0 aliphatic carbocycles. The summed E-state index contributed by atoms with van der Waals surface area (Å²) >= 11 is 3.41. The van der Waals surface area contributed by atoms with Crippen molar-refractivity contribution in [3.8, 4) is 5.75 Å². The molecule has 1 aromatic heterocycles. The zero-order chi connectivity index (χ0) is 14.5. The van der Waals surface area contributed by atoms with Gasteiger partial charge in [-0.05, 0) is 43.3 Å². The van der Waals surface area contributed by atoms with Crippen LogP contribution in [0.25, 0.3) is 6.08 Å². The first-order chi connectivity index (χ1) is 9.60. The molecule has 0 N–H and O–H groups in total. The quantitative estimate of drug-likeness (QED) is 0.621. The number of ketones is 1. The molecule has 20 heavy (non-hydrogen) atoms. The number of hydrogen-bond acceptors (Lipinski definition) is 3. The van der Waals surface area contributed by atoms with E-state index in [1.165, 1.54) is 6.08 Å². The lowest BCUT2D eigenvalue weighted by Gasteiger charge is -2.07. The fourth-order valence-electron chi connectivity index (χ4n) is 1.73. The van der Waals surface area contributed by atoms with Crippen LogP contribution in [0.5, 0.6) is 5.75 Å². The van der Waals surface area contributed by atoms with E-state index in [2.05, 4.69) is 21.0 Å². The molecule has 4 nitrogen and oxygen atoms in total. The third-order valence-electron chi connectivity index (χ3n) is 2.65. The first-order valence-corrected chi connectivity index (χ1v) is 7.04. The van der Waals surface area contributed by atoms with Crippen molar-refractivity contribution in [1.82, 2.24) is 9.78 Å². The Bertz CT molecular complexity index is 647. The van der Waals surface area contributed by atoms with E-state index in [0.717, 1.165) is 15.8 Å². The molecule has 0 aliphatic heterocycles. The lowest BCUT2D eigenvalue weighted by molar-refractivity contribution is 0.104. The number of aromatic nitrogens is 2. The molecule has 0 aliphatic rings. The molecule has 0 bridgehead atoms. The number of aryl methyl sites for hydroxylation is 1. The van der Waals surface area contributed by atoms with E-state index in [-0.39, 0.29) is 5.78 Å². The van der Waals surface area contributed by atoms with Crippen molar-refractivity contribution >= 4 is 27.8 Å². The molecule has 0 radical (unpaired) electrons. The van der Waals surface area contributed by atoms with Gasteiger partial charge >= 0.3 is 0 Å². The van der Waals surface area contributed by atoms with Crippen molar-refractivity contribution in [2.45, 2.75) is 6.92 Å². The number of carbonyl (C=O) groups is 1. The summed E-state index contributed by atoms with van der Waals surface area (Å²) in [5, 5.41) is 4.07. The van der Waals surface area contributed by atoms with Crippen LogP contribution in [0.15, 0.2) is 41.0 Å². The van der Waals surface area contributed by atoms with Crippen LogP contribution >= 0.6 is 15.9 Å². The molecule has 0 spiro atoms. The molecule has 104 valence electrons. The molecular weight excluding hydrogens is 320 g/mol. The summed E-state index contributed by atoms with van der Waals surface area (Å²) in [5.41, 5.74) is 1.28. The second kappa shape index (κ2) is 6.52. The fourth-order valence-corrected chi connectivity index (χ4v) is 2.11. The Kier molecular flexibility index (Phi) is 4.74. The van der Waals surface area contributed by atoms with Crippen LogP contribution in [-0.2, 0) is 7.05 Å². The van der Waals surface area contributed by atoms with Crippen molar-refractivity contribution in [2.75, 3.05) is 6.61 Å². The van der Waals surface area contributed by atoms with Crippen LogP contribution in [0.4, 0.5) is 0 Å². The number of hydrogen-bond donors (Lipinski definition) is 0. The van der Waals surface area contributed by atoms with E-state index in [1.54, 1.807) is 30.1 Å². The number of rotatable bonds is 5. The minimum absolute atomic E-state index is 0.131. The number of ether oxygens (including phenoxy) is 1. The van der Waals surface area contributed by atoms with Gasteiger partial charge in [0.05, 0.1) is 6.61 Å². The number of allylic oxidation sites excluding steroid dienone is 1. The van der Waals surface area contributed by atoms with E-state index < -0.39 is 0 Å². The van der Waals surface area contributed by atoms with Gasteiger partial charge in [-0.1, -0.05) is 15.9 Å². The standard InChI is InChI=1S/C15H15BrN2O2/c1-3-20-15-7-5-12(16)10-11(15)4-6-14(19)13-8-9-18(2)17-13/h4-10H,3H2,1-2H3/b6-4+. The molecule has 0 saturated heterocycles. The van der Waals surface area contributed by atoms with Gasteiger partial charge in [-0.15, -0.1) is 0 Å². The summed E-state index contributed by atoms with van der Waals surface area (Å²) < 4.78 is 8.07. The lowest BCUT2D eigenvalue weighted by Crippen LogP contribution is -1.98. The van der Waals surface area contributed by atoms with Gasteiger partial charge in [-0.2, -0.15) is 5.10 Å². The van der Waals surface area contributed by atoms with Crippen LogP contribution in [0.3, 0.4) is 0 Å². The highest BCUT2D eigenvalue weighted by molar-refractivity contribution is 9.10. The molecule has 0 atom stereocenters. The first kappa shape index (κ1) is 14.5. The highest BCUT2D eigenvalue weighted by atomic mass is 79.9. The third-order valence-corrected chi connectivity index (χ3v) is 3.15. The van der Waals surface area contributed by atoms with Gasteiger partial charge in [-0.3, -0.25) is 9.48 Å². The van der Waals surface area contributed by atoms with Crippen molar-refractivity contribution in [1.29, 1.82) is 0 Å². The van der Waals surface area contributed by atoms with E-state index in [9.17, 15) is 4.79 Å². The summed E-state index contributed by atoms with van der Waals surface area (Å²) in [6, 6.07) is 7.38. The smallest absolute Gasteiger partial charge is 0.206 e. The monoisotopic (exact) mass is 334 g/mol. The van der Waals surface area contributed by atoms with Gasteiger partial charge in [0.15, 0.2) is 0 Å². The van der Waals surface area contributed by atoms with E-state index >= 15 is 0 Å². The molecule has 0 unspecified atom stereocenters. The molecule has 5 heteroatoms. The average Bonchev–Trinajstić information content (AvgIpc) is 2.85. The highest BCUT2D eigenvalue weighted by Crippen LogP contribution is 2.24. The molecular formula is C15H15BrN2O2. The maximum Gasteiger partial charge on any atom is 0.206 e. The number of nitrogens with zero attached hydrogens (tertiary/aromatic N) is 2. The highest BCUT2D eigenvalue weighted by Gasteiger charge is 2.06. The second-order valence-electron chi connectivity index (χ2n) is 4.19. The Morgan fingerprint density at radius 2 is 2.25 bits per heavy atom. The van der Waals surface area contributed by atoms with Gasteiger partial charge in [0.25, 0.3) is 0 Å². The fraction of sp³-hybridized carbons (Fsp3) is 0.200. The molecule has 1 aromatic carbocycles. The van der Waals surface area contributed by atoms with Gasteiger partial charge in [0.2, 0.25) is 5.78 Å². The zero-order valence-electron chi connectivity index (χ0n) is 11.3. The summed E-state index contributed by atoms with van der Waals surface area (Å²) in [6.07, 6.45) is 4.99. The summed E-state index contributed by atoms with van der Waals surface area (Å²) in [6.45, 7) is 2.51. The van der Waals surface area contributed by atoms with Crippen molar-refractivity contribution in [3.05, 3.63) is 52.3 Å². The molecule has 2 rings (SSSR count). The van der Waals surface area contributed by atoms with Crippen molar-refractivity contribution < 1.29 is 9.53 Å². The topological polar surface area (TPSA) is 44.1 Å². The molecule has 0 saturated carbocycles. The van der Waals surface area contributed by atoms with Gasteiger partial charge in [0, 0.05) is 23.3 Å². The Hall–Kier alpha value is -1.88. The predicted octanol–water partition coefficient (Wildman–Crippen LogP) is 3.48. The summed E-state index contributed by atoms with van der Waals surface area (Å²) in [7, 11) is 1.78. The Labute approximate surface area is 126 Å². The second-order valence-corrected chi connectivity index (χ2v) is 5.10. The largest absolute Gasteiger partial charge is 0.493 e. The maximum atomic E-state index is 12.0. The van der Waals surface area contributed by atoms with Crippen molar-refractivity contribution in [2.24, 2.45) is 7.05 Å². The van der Waals surface area contributed by atoms with Gasteiger partial charge in [-0.25, -0.2) is 0 Å². The predicted molar refractivity (Wildman–Crippen MR) is 81.9 cm³/mol. The van der Waals surface area contributed by atoms with Gasteiger partial charge < -0.3 is 4.74 Å². The van der Waals surface area contributed by atoms with Crippen molar-refractivity contribution in [3.63, 3.8) is 0 Å². The summed E-state index contributed by atoms with van der Waals surface area (Å²) in [4.78, 5) is 12.0. The van der Waals surface area contributed by atoms with Crippen LogP contribution in [0.1, 0.15) is 23.0 Å². The van der Waals surface area contributed by atoms with Crippen LogP contribution in [0.2, 0.25) is 0 Å². The number of halogens is 1. The molecule has 0 amide bonds. The lowest BCUT2D eigenvalue weighted by atomic mass is 10.1. The Morgan fingerprint density at radius 3 is 2.90 bits per heavy atom. The maximum absolute atomic E-state index is 12.0. The third kappa shape index (κ3) is 3.57. The molecule has 1 heterocycles. The van der Waals surface area contributed by atoms with Crippen LogP contribution in [0, 0.1) is 0 Å². The molecule has 0 fully saturated rings. The summed E-state index contributed by atoms with van der Waals surface area (Å²) in [5.74, 6) is 0.619. The molecule has 2 aromatic rings. The SMILES string of the molecule is CCOc1ccc(Br)cc1/C=C/C(=O)c1ccn(C)n1. The van der Waals surface area contributed by atoms with E-state index in [1.807, 2.05) is 25.1 Å². The van der Waals surface area contributed by atoms with Crippen LogP contribution < -0.4 is 4.74 Å². The zero-order valence-corrected chi connectivity index (χ0v) is 12.9. The first-order valence-electron chi connectivity index (χ1n) is 6.24. The van der Waals surface area contributed by atoms with Gasteiger partial charge in [0.1, 0.15) is 11.4 Å². The average molecular weight is 335 g/mol. The normalized spacial score (nSPS) is 10.9. The number of benzene rings is 1. The Morgan fingerprint density at radius 1 is 1.45 bits per heavy atom. The minimum atomic E-state index is -0.131. The Balaban J connectivity index is 2.22. The van der Waals surface area contributed by atoms with Crippen LogP contribution in [-0.4, -0.2) is 22.2 Å². The van der Waals surface area contributed by atoms with E-state index in [4.69, 9.17) is 4.74 Å². The number of carbonyl (C=O) groups excluding carboxylic acids is 1. The minimum Gasteiger partial charge on any atom is -0.493 e. The van der Waals surface area contributed by atoms with E-state index in [0.29, 0.717) is 12.3 Å².